The average molecular weight is 368 g/mol. The van der Waals surface area contributed by atoms with E-state index in [1.54, 1.807) is 18.7 Å². The van der Waals surface area contributed by atoms with Crippen molar-refractivity contribution in [2.45, 2.75) is 0 Å². The first kappa shape index (κ1) is 12.5. The fraction of sp³-hybridized carbons (Fsp3) is 0.333. The number of piperazine rings is 1. The van der Waals surface area contributed by atoms with Crippen LogP contribution in [0.1, 0.15) is 0 Å². The van der Waals surface area contributed by atoms with E-state index in [4.69, 9.17) is 0 Å². The van der Waals surface area contributed by atoms with Crippen LogP contribution in [0, 0.1) is 3.57 Å². The molecule has 0 bridgehead atoms. The number of halogens is 1. The minimum Gasteiger partial charge on any atom is -0.352 e. The van der Waals surface area contributed by atoms with Crippen molar-refractivity contribution in [3.63, 3.8) is 0 Å². The van der Waals surface area contributed by atoms with Crippen LogP contribution >= 0.6 is 22.6 Å². The van der Waals surface area contributed by atoms with Crippen LogP contribution in [-0.4, -0.2) is 46.1 Å². The highest BCUT2D eigenvalue weighted by Gasteiger charge is 2.20. The molecule has 2 aromatic heterocycles. The van der Waals surface area contributed by atoms with Crippen LogP contribution in [0.3, 0.4) is 0 Å². The topological polar surface area (TPSA) is 58.0 Å². The van der Waals surface area contributed by atoms with Crippen LogP contribution in [0.4, 0.5) is 11.8 Å². The fourth-order valence-corrected chi connectivity index (χ4v) is 2.75. The number of rotatable bonds is 2. The number of aromatic nitrogens is 4. The van der Waals surface area contributed by atoms with Gasteiger partial charge in [-0.3, -0.25) is 0 Å². The quantitative estimate of drug-likeness (QED) is 0.743. The van der Waals surface area contributed by atoms with Crippen LogP contribution < -0.4 is 9.80 Å². The molecule has 98 valence electrons. The molecule has 3 rings (SSSR count). The van der Waals surface area contributed by atoms with Gasteiger partial charge >= 0.3 is 0 Å². The number of hydrogen-bond acceptors (Lipinski definition) is 6. The van der Waals surface area contributed by atoms with Crippen molar-refractivity contribution in [2.24, 2.45) is 0 Å². The molecule has 0 atom stereocenters. The van der Waals surface area contributed by atoms with Gasteiger partial charge in [-0.2, -0.15) is 0 Å². The molecule has 0 unspecified atom stereocenters. The lowest BCUT2D eigenvalue weighted by Gasteiger charge is -2.35. The number of hydrogen-bond donors (Lipinski definition) is 0. The van der Waals surface area contributed by atoms with Crippen molar-refractivity contribution in [3.05, 3.63) is 34.6 Å². The van der Waals surface area contributed by atoms with Gasteiger partial charge in [0.05, 0.1) is 3.57 Å². The van der Waals surface area contributed by atoms with Crippen molar-refractivity contribution in [3.8, 4) is 0 Å². The second-order valence-corrected chi connectivity index (χ2v) is 5.38. The highest BCUT2D eigenvalue weighted by molar-refractivity contribution is 14.1. The van der Waals surface area contributed by atoms with Gasteiger partial charge in [0.1, 0.15) is 12.1 Å². The maximum atomic E-state index is 4.36. The highest BCUT2D eigenvalue weighted by atomic mass is 127. The second-order valence-electron chi connectivity index (χ2n) is 4.22. The third kappa shape index (κ3) is 2.75. The van der Waals surface area contributed by atoms with Gasteiger partial charge in [0.2, 0.25) is 5.95 Å². The van der Waals surface area contributed by atoms with Gasteiger partial charge in [-0.25, -0.2) is 19.9 Å². The maximum absolute atomic E-state index is 4.36. The highest BCUT2D eigenvalue weighted by Crippen LogP contribution is 2.20. The Labute approximate surface area is 125 Å². The molecule has 2 aromatic rings. The molecular weight excluding hydrogens is 355 g/mol. The zero-order valence-electron chi connectivity index (χ0n) is 10.3. The Morgan fingerprint density at radius 3 is 2.32 bits per heavy atom. The van der Waals surface area contributed by atoms with Gasteiger partial charge in [0.25, 0.3) is 0 Å². The molecule has 0 spiro atoms. The van der Waals surface area contributed by atoms with E-state index < -0.39 is 0 Å². The van der Waals surface area contributed by atoms with Gasteiger partial charge in [-0.1, -0.05) is 0 Å². The summed E-state index contributed by atoms with van der Waals surface area (Å²) in [6.07, 6.45) is 7.00. The van der Waals surface area contributed by atoms with E-state index in [1.807, 2.05) is 12.3 Å². The van der Waals surface area contributed by atoms with Crippen molar-refractivity contribution in [2.75, 3.05) is 36.0 Å². The van der Waals surface area contributed by atoms with E-state index in [9.17, 15) is 0 Å². The summed E-state index contributed by atoms with van der Waals surface area (Å²) in [6, 6.07) is 1.84. The van der Waals surface area contributed by atoms with E-state index in [0.717, 1.165) is 41.5 Å². The van der Waals surface area contributed by atoms with E-state index in [1.165, 1.54) is 0 Å². The van der Waals surface area contributed by atoms with Crippen molar-refractivity contribution in [1.82, 2.24) is 19.9 Å². The first-order valence-corrected chi connectivity index (χ1v) is 7.15. The van der Waals surface area contributed by atoms with E-state index >= 15 is 0 Å². The molecule has 0 saturated carbocycles. The molecule has 1 saturated heterocycles. The Bertz CT molecular complexity index is 541. The summed E-state index contributed by atoms with van der Waals surface area (Å²) in [5, 5.41) is 0. The smallest absolute Gasteiger partial charge is 0.225 e. The van der Waals surface area contributed by atoms with Gasteiger partial charge in [0.15, 0.2) is 0 Å². The molecule has 19 heavy (non-hydrogen) atoms. The molecule has 1 aliphatic heterocycles. The molecule has 0 aliphatic carbocycles. The van der Waals surface area contributed by atoms with Gasteiger partial charge < -0.3 is 9.80 Å². The summed E-state index contributed by atoms with van der Waals surface area (Å²) in [4.78, 5) is 21.4. The zero-order chi connectivity index (χ0) is 13.1. The standard InChI is InChI=1S/C12H13IN6/c13-10-8-14-9-17-11(10)18-4-6-19(7-5-18)12-15-2-1-3-16-12/h1-3,8-9H,4-7H2. The molecule has 0 N–H and O–H groups in total. The van der Waals surface area contributed by atoms with Gasteiger partial charge in [-0.15, -0.1) is 0 Å². The van der Waals surface area contributed by atoms with Crippen LogP contribution in [0.15, 0.2) is 31.0 Å². The summed E-state index contributed by atoms with van der Waals surface area (Å²) in [5.74, 6) is 1.82. The molecule has 0 aromatic carbocycles. The summed E-state index contributed by atoms with van der Waals surface area (Å²) < 4.78 is 1.09. The molecule has 0 radical (unpaired) electrons. The molecule has 7 heteroatoms. The van der Waals surface area contributed by atoms with Gasteiger partial charge in [-0.05, 0) is 28.7 Å². The van der Waals surface area contributed by atoms with Crippen molar-refractivity contribution in [1.29, 1.82) is 0 Å². The van der Waals surface area contributed by atoms with Gasteiger partial charge in [0, 0.05) is 44.8 Å². The Morgan fingerprint density at radius 2 is 1.63 bits per heavy atom. The predicted molar refractivity (Wildman–Crippen MR) is 81.2 cm³/mol. The summed E-state index contributed by atoms with van der Waals surface area (Å²) in [6.45, 7) is 3.66. The number of nitrogens with zero attached hydrogens (tertiary/aromatic N) is 6. The molecule has 1 aliphatic rings. The van der Waals surface area contributed by atoms with E-state index in [-0.39, 0.29) is 0 Å². The molecule has 3 heterocycles. The Morgan fingerprint density at radius 1 is 0.947 bits per heavy atom. The zero-order valence-corrected chi connectivity index (χ0v) is 12.4. The minimum atomic E-state index is 0.805. The largest absolute Gasteiger partial charge is 0.352 e. The lowest BCUT2D eigenvalue weighted by molar-refractivity contribution is 0.633. The third-order valence-electron chi connectivity index (χ3n) is 3.06. The summed E-state index contributed by atoms with van der Waals surface area (Å²) in [7, 11) is 0. The summed E-state index contributed by atoms with van der Waals surface area (Å²) in [5.41, 5.74) is 0. The fourth-order valence-electron chi connectivity index (χ4n) is 2.11. The lowest BCUT2D eigenvalue weighted by atomic mass is 10.3. The number of anilines is 2. The normalized spacial score (nSPS) is 15.6. The monoisotopic (exact) mass is 368 g/mol. The third-order valence-corrected chi connectivity index (χ3v) is 3.82. The molecule has 1 fully saturated rings. The van der Waals surface area contributed by atoms with E-state index in [0.29, 0.717) is 0 Å². The SMILES string of the molecule is Ic1cncnc1N1CCN(c2ncccn2)CC1. The average Bonchev–Trinajstić information content (AvgIpc) is 2.49. The Balaban J connectivity index is 1.69. The first-order valence-electron chi connectivity index (χ1n) is 6.07. The minimum absolute atomic E-state index is 0.805. The second kappa shape index (κ2) is 5.64. The van der Waals surface area contributed by atoms with Crippen LogP contribution in [0.25, 0.3) is 0 Å². The van der Waals surface area contributed by atoms with Crippen molar-refractivity contribution >= 4 is 34.4 Å². The predicted octanol–water partition coefficient (Wildman–Crippen LogP) is 1.20. The Kier molecular flexibility index (Phi) is 3.72. The van der Waals surface area contributed by atoms with E-state index in [2.05, 4.69) is 52.3 Å². The summed E-state index contributed by atoms with van der Waals surface area (Å²) >= 11 is 2.27. The first-order chi connectivity index (χ1) is 9.34. The van der Waals surface area contributed by atoms with Crippen molar-refractivity contribution < 1.29 is 0 Å². The van der Waals surface area contributed by atoms with Crippen LogP contribution in [-0.2, 0) is 0 Å². The lowest BCUT2D eigenvalue weighted by Crippen LogP contribution is -2.47. The molecular formula is C12H13IN6. The van der Waals surface area contributed by atoms with Crippen LogP contribution in [0.2, 0.25) is 0 Å². The van der Waals surface area contributed by atoms with Crippen LogP contribution in [0.5, 0.6) is 0 Å². The molecule has 6 nitrogen and oxygen atoms in total. The Hall–Kier alpha value is -1.51. The molecule has 0 amide bonds. The maximum Gasteiger partial charge on any atom is 0.225 e.